The number of benzene rings is 3. The minimum absolute atomic E-state index is 0.0975. The molecule has 352 valence electrons. The number of phenolic OH excluding ortho intramolecular Hbond substituents is 4. The van der Waals surface area contributed by atoms with Crippen molar-refractivity contribution in [3.63, 3.8) is 0 Å². The van der Waals surface area contributed by atoms with Gasteiger partial charge >= 0.3 is 5.97 Å². The molecule has 3 saturated heterocycles. The van der Waals surface area contributed by atoms with Gasteiger partial charge in [-0.15, -0.1) is 0 Å². The molecule has 3 fully saturated rings. The maximum absolute atomic E-state index is 14.1. The molecular weight excluding hydrogens is 872 g/mol. The van der Waals surface area contributed by atoms with Gasteiger partial charge in [0, 0.05) is 23.8 Å². The van der Waals surface area contributed by atoms with E-state index in [-0.39, 0.29) is 34.2 Å². The van der Waals surface area contributed by atoms with Gasteiger partial charge in [0.2, 0.25) is 23.8 Å². The van der Waals surface area contributed by atoms with Crippen LogP contribution in [0.25, 0.3) is 28.4 Å². The molecule has 13 N–H and O–H groups in total. The molecule has 0 saturated carbocycles. The number of aromatic hydroxyl groups is 4. The lowest BCUT2D eigenvalue weighted by Gasteiger charge is -2.45. The molecule has 4 aromatic rings. The van der Waals surface area contributed by atoms with Crippen molar-refractivity contribution >= 4 is 23.0 Å². The summed E-state index contributed by atoms with van der Waals surface area (Å²) < 4.78 is 45.6. The van der Waals surface area contributed by atoms with Crippen molar-refractivity contribution in [2.24, 2.45) is 0 Å². The molecule has 23 nitrogen and oxygen atoms in total. The zero-order valence-corrected chi connectivity index (χ0v) is 33.8. The number of carbonyl (C=O) groups excluding carboxylic acids is 1. The Balaban J connectivity index is 1.14. The maximum atomic E-state index is 14.1. The molecule has 3 aliphatic rings. The fourth-order valence-electron chi connectivity index (χ4n) is 7.24. The predicted octanol–water partition coefficient (Wildman–Crippen LogP) is -2.24. The third-order valence-corrected chi connectivity index (χ3v) is 10.9. The van der Waals surface area contributed by atoms with Crippen LogP contribution in [0.3, 0.4) is 0 Å². The van der Waals surface area contributed by atoms with Crippen LogP contribution in [0.15, 0.2) is 69.9 Å². The fourth-order valence-corrected chi connectivity index (χ4v) is 7.24. The minimum atomic E-state index is -2.01. The number of rotatable bonds is 12. The third kappa shape index (κ3) is 9.83. The Morgan fingerprint density at radius 1 is 0.677 bits per heavy atom. The van der Waals surface area contributed by atoms with Gasteiger partial charge in [-0.05, 0) is 55.0 Å². The van der Waals surface area contributed by atoms with Gasteiger partial charge in [-0.3, -0.25) is 4.79 Å². The quantitative estimate of drug-likeness (QED) is 0.0406. The van der Waals surface area contributed by atoms with Crippen LogP contribution >= 0.6 is 0 Å². The molecule has 0 spiro atoms. The molecule has 6 unspecified atom stereocenters. The van der Waals surface area contributed by atoms with Crippen LogP contribution in [0.4, 0.5) is 0 Å². The van der Waals surface area contributed by atoms with Crippen LogP contribution in [-0.4, -0.2) is 178 Å². The van der Waals surface area contributed by atoms with Crippen molar-refractivity contribution in [2.75, 3.05) is 13.2 Å². The molecule has 3 aromatic carbocycles. The average Bonchev–Trinajstić information content (AvgIpc) is 3.27. The Bertz CT molecular complexity index is 2400. The highest BCUT2D eigenvalue weighted by atomic mass is 16.8. The second-order valence-corrected chi connectivity index (χ2v) is 15.4. The number of phenols is 4. The van der Waals surface area contributed by atoms with Crippen molar-refractivity contribution in [1.82, 2.24) is 0 Å². The van der Waals surface area contributed by atoms with Crippen molar-refractivity contribution in [1.29, 1.82) is 0 Å². The molecule has 3 aliphatic heterocycles. The summed E-state index contributed by atoms with van der Waals surface area (Å²) in [6, 6.07) is 10.9. The Kier molecular flexibility index (Phi) is 14.2. The highest BCUT2D eigenvalue weighted by Crippen LogP contribution is 2.39. The van der Waals surface area contributed by atoms with Crippen LogP contribution in [-0.2, 0) is 28.5 Å². The Morgan fingerprint density at radius 3 is 2.02 bits per heavy atom. The van der Waals surface area contributed by atoms with E-state index in [1.807, 2.05) is 0 Å². The van der Waals surface area contributed by atoms with E-state index in [9.17, 15) is 76.0 Å². The second kappa shape index (κ2) is 19.4. The molecule has 0 bridgehead atoms. The lowest BCUT2D eigenvalue weighted by Crippen LogP contribution is -2.64. The summed E-state index contributed by atoms with van der Waals surface area (Å²) in [5.74, 6) is -4.11. The van der Waals surface area contributed by atoms with Gasteiger partial charge in [-0.1, -0.05) is 6.07 Å². The molecule has 0 radical (unpaired) electrons. The largest absolute Gasteiger partial charge is 0.508 e. The smallest absolute Gasteiger partial charge is 0.330 e. The Hall–Kier alpha value is -5.64. The summed E-state index contributed by atoms with van der Waals surface area (Å²) >= 11 is 0. The molecular formula is C42H46O23. The Labute approximate surface area is 365 Å². The summed E-state index contributed by atoms with van der Waals surface area (Å²) in [6.45, 7) is -0.153. The van der Waals surface area contributed by atoms with Gasteiger partial charge in [0.1, 0.15) is 95.9 Å². The van der Waals surface area contributed by atoms with Crippen LogP contribution < -0.4 is 14.9 Å². The van der Waals surface area contributed by atoms with E-state index in [1.54, 1.807) is 0 Å². The van der Waals surface area contributed by atoms with Gasteiger partial charge in [0.25, 0.3) is 0 Å². The summed E-state index contributed by atoms with van der Waals surface area (Å²) in [5.41, 5.74) is -1.01. The first-order chi connectivity index (χ1) is 30.9. The van der Waals surface area contributed by atoms with Crippen molar-refractivity contribution in [2.45, 2.75) is 99.0 Å². The number of esters is 1. The van der Waals surface area contributed by atoms with Crippen LogP contribution in [0.2, 0.25) is 0 Å². The summed E-state index contributed by atoms with van der Waals surface area (Å²) in [4.78, 5) is 26.6. The number of aliphatic hydroxyl groups excluding tert-OH is 9. The second-order valence-electron chi connectivity index (χ2n) is 15.4. The number of fused-ring (bicyclic) bond motifs is 1. The maximum Gasteiger partial charge on any atom is 0.330 e. The average molecular weight is 919 g/mol. The molecule has 15 atom stereocenters. The first-order valence-electron chi connectivity index (χ1n) is 19.9. The lowest BCUT2D eigenvalue weighted by atomic mass is 9.97. The highest BCUT2D eigenvalue weighted by molar-refractivity contribution is 5.88. The first kappa shape index (κ1) is 47.3. The van der Waals surface area contributed by atoms with E-state index in [2.05, 4.69) is 0 Å². The zero-order chi connectivity index (χ0) is 47.0. The van der Waals surface area contributed by atoms with Crippen molar-refractivity contribution in [3.05, 3.63) is 76.5 Å². The molecule has 0 amide bonds. The van der Waals surface area contributed by atoms with E-state index in [0.29, 0.717) is 5.56 Å². The van der Waals surface area contributed by atoms with E-state index >= 15 is 0 Å². The lowest BCUT2D eigenvalue weighted by molar-refractivity contribution is -0.355. The van der Waals surface area contributed by atoms with Crippen LogP contribution in [0, 0.1) is 0 Å². The molecule has 65 heavy (non-hydrogen) atoms. The first-order valence-corrected chi connectivity index (χ1v) is 19.9. The SMILES string of the molecule is CC1O[C@@H](Oc2cc(O)c3c(=O)c(O[C@@H]4O[C@H](CO)[C@@H](O)C(O)C4O)c(-c4ccc(O)cc4)oc3c2)[C@@H](O[C@@H]2OC(COC(=O)/C=C/c3ccc(O)c(O)c3)[C@@H](O)[C@H](O)C2O)C(O)[C@H]1O. The van der Waals surface area contributed by atoms with E-state index in [0.717, 1.165) is 18.2 Å². The minimum Gasteiger partial charge on any atom is -0.508 e. The number of aliphatic hydroxyl groups is 9. The monoisotopic (exact) mass is 918 g/mol. The van der Waals surface area contributed by atoms with Gasteiger partial charge in [0.15, 0.2) is 29.7 Å². The van der Waals surface area contributed by atoms with E-state index in [4.69, 9.17) is 37.6 Å². The van der Waals surface area contributed by atoms with Crippen LogP contribution in [0.1, 0.15) is 12.5 Å². The van der Waals surface area contributed by atoms with Gasteiger partial charge in [-0.25, -0.2) is 4.79 Å². The normalized spacial score (nSPS) is 32.9. The highest BCUT2D eigenvalue weighted by Gasteiger charge is 2.51. The summed E-state index contributed by atoms with van der Waals surface area (Å²) in [6.07, 6.45) is -24.2. The Morgan fingerprint density at radius 2 is 1.34 bits per heavy atom. The van der Waals surface area contributed by atoms with Crippen LogP contribution in [0.5, 0.6) is 34.5 Å². The number of hydrogen-bond donors (Lipinski definition) is 13. The van der Waals surface area contributed by atoms with Gasteiger partial charge in [-0.2, -0.15) is 0 Å². The molecule has 4 heterocycles. The molecule has 0 aliphatic carbocycles. The predicted molar refractivity (Wildman–Crippen MR) is 214 cm³/mol. The number of carbonyl (C=O) groups is 1. The molecule has 1 aromatic heterocycles. The van der Waals surface area contributed by atoms with E-state index < -0.39 is 139 Å². The number of ether oxygens (including phenoxy) is 7. The van der Waals surface area contributed by atoms with Crippen molar-refractivity contribution < 1.29 is 109 Å². The van der Waals surface area contributed by atoms with Gasteiger partial charge in [0.05, 0.1) is 12.7 Å². The molecule has 7 rings (SSSR count). The fraction of sp³-hybridized carbons (Fsp3) is 0.429. The van der Waals surface area contributed by atoms with Gasteiger partial charge < -0.3 is 104 Å². The zero-order valence-electron chi connectivity index (χ0n) is 33.8. The third-order valence-electron chi connectivity index (χ3n) is 10.9. The van der Waals surface area contributed by atoms with E-state index in [1.165, 1.54) is 55.5 Å². The standard InChI is InChI=1S/C42H46O23/c1-15-28(49)34(55)39(65-41-36(57)33(54)30(51)25(63-41)14-58-26(48)9-3-16-2-8-20(45)21(46)10-16)42(59-15)60-19-11-22(47)27-23(12-19)61-37(17-4-6-18(44)7-5-17)38(31(27)52)64-40-35(56)32(53)29(50)24(13-43)62-40/h2-12,15,24-25,28-30,32-36,39-47,49-51,53-57H,13-14H2,1H3/b9-3+/t15?,24-,25?,28+,29-,30-,32?,33+,34?,35?,36?,39+,40+,41+,42+/m1/s1. The summed E-state index contributed by atoms with van der Waals surface area (Å²) in [7, 11) is 0. The summed E-state index contributed by atoms with van der Waals surface area (Å²) in [5, 5.41) is 135. The topological polar surface area (TPSA) is 375 Å². The van der Waals surface area contributed by atoms with Crippen molar-refractivity contribution in [3.8, 4) is 45.8 Å². The molecule has 23 heteroatoms. The number of hydrogen-bond acceptors (Lipinski definition) is 23.